The van der Waals surface area contributed by atoms with Gasteiger partial charge < -0.3 is 20.8 Å². The summed E-state index contributed by atoms with van der Waals surface area (Å²) in [5.74, 6) is -2.31. The van der Waals surface area contributed by atoms with Gasteiger partial charge in [0.15, 0.2) is 0 Å². The van der Waals surface area contributed by atoms with Crippen LogP contribution in [0, 0.1) is 5.41 Å². The normalized spacial score (nSPS) is 13.5. The highest BCUT2D eigenvalue weighted by Gasteiger charge is 2.48. The van der Waals surface area contributed by atoms with Gasteiger partial charge in [-0.1, -0.05) is 269 Å². The van der Waals surface area contributed by atoms with Crippen molar-refractivity contribution < 1.29 is 19.8 Å². The molecule has 81 heavy (non-hydrogen) atoms. The first kappa shape index (κ1) is 52.7. The zero-order valence-electron chi connectivity index (χ0n) is 45.9. The summed E-state index contributed by atoms with van der Waals surface area (Å²) < 4.78 is 0. The lowest BCUT2D eigenvalue weighted by Gasteiger charge is -2.41. The lowest BCUT2D eigenvalue weighted by molar-refractivity contribution is -0.146. The van der Waals surface area contributed by atoms with Gasteiger partial charge >= 0.3 is 0 Å². The van der Waals surface area contributed by atoms with Gasteiger partial charge in [0.2, 0.25) is 11.8 Å². The summed E-state index contributed by atoms with van der Waals surface area (Å²) in [5, 5.41) is 47.3. The van der Waals surface area contributed by atoms with Crippen LogP contribution in [0.4, 0.5) is 0 Å². The van der Waals surface area contributed by atoms with Crippen LogP contribution in [0.5, 0.6) is 0 Å². The van der Waals surface area contributed by atoms with Crippen LogP contribution in [-0.4, -0.2) is 46.3 Å². The molecule has 12 aromatic carbocycles. The summed E-state index contributed by atoms with van der Waals surface area (Å²) >= 11 is 0. The van der Waals surface area contributed by atoms with Crippen molar-refractivity contribution in [3.05, 3.63) is 288 Å². The molecule has 6 nitrogen and oxygen atoms in total. The van der Waals surface area contributed by atoms with E-state index in [2.05, 4.69) is 156 Å². The van der Waals surface area contributed by atoms with Crippen molar-refractivity contribution in [2.75, 3.05) is 13.1 Å². The molecule has 0 aliphatic rings. The van der Waals surface area contributed by atoms with Crippen LogP contribution >= 0.6 is 0 Å². The molecule has 0 saturated carbocycles. The van der Waals surface area contributed by atoms with E-state index in [1.807, 2.05) is 123 Å². The van der Waals surface area contributed by atoms with Gasteiger partial charge in [-0.05, 0) is 111 Å². The summed E-state index contributed by atoms with van der Waals surface area (Å²) in [6.07, 6.45) is 0.676. The fourth-order valence-electron chi connectivity index (χ4n) is 13.4. The third-order valence-electron chi connectivity index (χ3n) is 17.6. The van der Waals surface area contributed by atoms with E-state index in [0.29, 0.717) is 0 Å². The molecule has 2 unspecified atom stereocenters. The van der Waals surface area contributed by atoms with E-state index in [9.17, 15) is 10.2 Å². The van der Waals surface area contributed by atoms with E-state index < -0.39 is 40.3 Å². The molecule has 2 atom stereocenters. The zero-order valence-corrected chi connectivity index (χ0v) is 45.9. The standard InChI is InChI=1S/C75H66N2O4/c1-3-73(4-2,71(78)76-49-74(80,47-57-35-17-29-51-23-5-11-37-59(51)57)69(65-43-19-31-53-25-7-13-39-61(53)65)66-44-20-32-54-26-8-14-40-62(54)66)72(79)77-50-75(81,48-58-36-18-30-52-24-6-12-38-60(52)58)70(67-45-21-33-55-27-9-15-41-63(55)67)68-46-22-34-56-28-10-16-42-64(56)68/h5-46,69-70,80-81H,3-4,47-50H2,1-2H3,(H,76,78)(H,77,79). The third kappa shape index (κ3) is 9.90. The number of carbonyl (C=O) groups excluding carboxylic acids is 2. The Kier molecular flexibility index (Phi) is 14.5. The van der Waals surface area contributed by atoms with Gasteiger partial charge in [0.25, 0.3) is 0 Å². The second-order valence-corrected chi connectivity index (χ2v) is 22.1. The Bertz CT molecular complexity index is 3840. The maximum atomic E-state index is 15.7. The maximum absolute atomic E-state index is 15.7. The quantitative estimate of drug-likeness (QED) is 0.0644. The van der Waals surface area contributed by atoms with Crippen LogP contribution in [-0.2, 0) is 22.4 Å². The number of hydrogen-bond acceptors (Lipinski definition) is 4. The molecule has 0 fully saturated rings. The third-order valence-corrected chi connectivity index (χ3v) is 17.6. The molecule has 0 radical (unpaired) electrons. The van der Waals surface area contributed by atoms with E-state index in [1.165, 1.54) is 0 Å². The number of carbonyl (C=O) groups is 2. The Morgan fingerprint density at radius 3 is 0.852 bits per heavy atom. The summed E-state index contributed by atoms with van der Waals surface area (Å²) in [5.41, 5.74) is 0.640. The zero-order chi connectivity index (χ0) is 55.6. The van der Waals surface area contributed by atoms with Crippen molar-refractivity contribution in [2.45, 2.75) is 62.6 Å². The first-order chi connectivity index (χ1) is 39.6. The minimum Gasteiger partial charge on any atom is -0.387 e. The number of benzene rings is 12. The Balaban J connectivity index is 0.959. The second-order valence-electron chi connectivity index (χ2n) is 22.1. The van der Waals surface area contributed by atoms with Gasteiger partial charge in [-0.25, -0.2) is 0 Å². The molecule has 0 bridgehead atoms. The lowest BCUT2D eigenvalue weighted by Crippen LogP contribution is -2.58. The predicted molar refractivity (Wildman–Crippen MR) is 334 cm³/mol. The van der Waals surface area contributed by atoms with E-state index in [-0.39, 0.29) is 38.8 Å². The van der Waals surface area contributed by atoms with Crippen molar-refractivity contribution in [3.63, 3.8) is 0 Å². The van der Waals surface area contributed by atoms with Crippen molar-refractivity contribution in [2.24, 2.45) is 5.41 Å². The molecule has 0 aromatic heterocycles. The molecule has 400 valence electrons. The van der Waals surface area contributed by atoms with Crippen LogP contribution < -0.4 is 10.6 Å². The highest BCUT2D eigenvalue weighted by Crippen LogP contribution is 2.46. The molecular weight excluding hydrogens is 993 g/mol. The summed E-state index contributed by atoms with van der Waals surface area (Å²) in [6.45, 7) is 3.38. The fraction of sp³-hybridized carbons (Fsp3) is 0.173. The van der Waals surface area contributed by atoms with Crippen LogP contribution in [0.1, 0.15) is 71.9 Å². The average Bonchev–Trinajstić information content (AvgIpc) is 3.64. The molecule has 4 N–H and O–H groups in total. The largest absolute Gasteiger partial charge is 0.387 e. The molecule has 0 spiro atoms. The SMILES string of the molecule is CCC(CC)(C(=O)NCC(O)(Cc1cccc2ccccc12)C(c1cccc2ccccc12)c1cccc2ccccc12)C(=O)NCC(O)(Cc1cccc2ccccc12)C(c1cccc2ccccc12)c1cccc2ccccc12. The van der Waals surface area contributed by atoms with E-state index in [4.69, 9.17) is 0 Å². The Labute approximate surface area is 473 Å². The Morgan fingerprint density at radius 1 is 0.333 bits per heavy atom. The molecule has 12 rings (SSSR count). The minimum atomic E-state index is -1.67. The van der Waals surface area contributed by atoms with Crippen molar-refractivity contribution in [1.82, 2.24) is 10.6 Å². The Morgan fingerprint density at radius 2 is 0.568 bits per heavy atom. The van der Waals surface area contributed by atoms with Crippen LogP contribution in [0.25, 0.3) is 64.6 Å². The fourth-order valence-corrected chi connectivity index (χ4v) is 13.4. The number of nitrogens with one attached hydrogen (secondary N) is 2. The Hall–Kier alpha value is -8.94. The monoisotopic (exact) mass is 1060 g/mol. The second kappa shape index (κ2) is 22.3. The number of fused-ring (bicyclic) bond motifs is 6. The topological polar surface area (TPSA) is 98.7 Å². The highest BCUT2D eigenvalue weighted by molar-refractivity contribution is 6.05. The van der Waals surface area contributed by atoms with Crippen LogP contribution in [0.2, 0.25) is 0 Å². The van der Waals surface area contributed by atoms with Gasteiger partial charge in [0.1, 0.15) is 5.41 Å². The number of hydrogen-bond donors (Lipinski definition) is 4. The van der Waals surface area contributed by atoms with E-state index >= 15 is 9.59 Å². The first-order valence-corrected chi connectivity index (χ1v) is 28.5. The number of aliphatic hydroxyl groups is 2. The molecular formula is C75H66N2O4. The highest BCUT2D eigenvalue weighted by atomic mass is 16.3. The van der Waals surface area contributed by atoms with Gasteiger partial charge in [-0.2, -0.15) is 0 Å². The molecule has 6 heteroatoms. The van der Waals surface area contributed by atoms with E-state index in [0.717, 1.165) is 98.0 Å². The van der Waals surface area contributed by atoms with E-state index in [1.54, 1.807) is 0 Å². The van der Waals surface area contributed by atoms with Crippen LogP contribution in [0.3, 0.4) is 0 Å². The molecule has 0 aliphatic carbocycles. The van der Waals surface area contributed by atoms with Crippen molar-refractivity contribution in [1.29, 1.82) is 0 Å². The predicted octanol–water partition coefficient (Wildman–Crippen LogP) is 15.6. The van der Waals surface area contributed by atoms with Gasteiger partial charge in [-0.3, -0.25) is 9.59 Å². The molecule has 0 aliphatic heterocycles. The van der Waals surface area contributed by atoms with Crippen molar-refractivity contribution >= 4 is 76.4 Å². The van der Waals surface area contributed by atoms with Gasteiger partial charge in [0, 0.05) is 37.8 Å². The maximum Gasteiger partial charge on any atom is 0.235 e. The molecule has 0 heterocycles. The van der Waals surface area contributed by atoms with Gasteiger partial charge in [-0.15, -0.1) is 0 Å². The number of amides is 2. The first-order valence-electron chi connectivity index (χ1n) is 28.5. The van der Waals surface area contributed by atoms with Gasteiger partial charge in [0.05, 0.1) is 11.2 Å². The average molecular weight is 1060 g/mol. The van der Waals surface area contributed by atoms with Crippen molar-refractivity contribution in [3.8, 4) is 0 Å². The summed E-state index contributed by atoms with van der Waals surface area (Å²) in [7, 11) is 0. The summed E-state index contributed by atoms with van der Waals surface area (Å²) in [6, 6.07) is 86.7. The minimum absolute atomic E-state index is 0.164. The molecule has 12 aromatic rings. The van der Waals surface area contributed by atoms with Crippen LogP contribution in [0.15, 0.2) is 255 Å². The molecule has 0 saturated heterocycles. The summed E-state index contributed by atoms with van der Waals surface area (Å²) in [4.78, 5) is 31.4. The smallest absolute Gasteiger partial charge is 0.235 e. The molecule has 2 amide bonds. The number of rotatable bonds is 18. The lowest BCUT2D eigenvalue weighted by atomic mass is 9.71.